The van der Waals surface area contributed by atoms with Crippen LogP contribution < -0.4 is 4.74 Å². The highest BCUT2D eigenvalue weighted by Crippen LogP contribution is 2.16. The quantitative estimate of drug-likeness (QED) is 0.279. The number of aliphatic hydroxyl groups excluding tert-OH is 1. The highest BCUT2D eigenvalue weighted by Gasteiger charge is 1.98. The summed E-state index contributed by atoms with van der Waals surface area (Å²) in [5.41, 5.74) is 2.03. The van der Waals surface area contributed by atoms with Gasteiger partial charge < -0.3 is 9.84 Å². The third-order valence-corrected chi connectivity index (χ3v) is 3.70. The molecule has 0 fully saturated rings. The lowest BCUT2D eigenvalue weighted by atomic mass is 10.1. The first-order chi connectivity index (χ1) is 10.6. The molecule has 2 heteroatoms. The summed E-state index contributed by atoms with van der Waals surface area (Å²) in [5, 5.41) is 9.25. The molecule has 1 aromatic rings. The lowest BCUT2D eigenvalue weighted by Gasteiger charge is -2.07. The minimum Gasteiger partial charge on any atom is -0.508 e. The van der Waals surface area contributed by atoms with Crippen molar-refractivity contribution in [3.8, 4) is 5.75 Å². The van der Waals surface area contributed by atoms with Crippen LogP contribution in [0.2, 0.25) is 0 Å². The topological polar surface area (TPSA) is 29.5 Å². The largest absolute Gasteiger partial charge is 0.508 e. The van der Waals surface area contributed by atoms with E-state index in [4.69, 9.17) is 4.74 Å². The molecule has 0 saturated heterocycles. The van der Waals surface area contributed by atoms with Crippen molar-refractivity contribution in [1.29, 1.82) is 0 Å². The number of allylic oxidation sites excluding steroid dienone is 1. The monoisotopic (exact) mass is 302 g/mol. The summed E-state index contributed by atoms with van der Waals surface area (Å²) in [6.45, 7) is 10.3. The van der Waals surface area contributed by atoms with Crippen LogP contribution in [0.4, 0.5) is 0 Å². The molecule has 0 unspecified atom stereocenters. The van der Waals surface area contributed by atoms with E-state index in [0.717, 1.165) is 24.3 Å². The molecule has 1 aromatic carbocycles. The van der Waals surface area contributed by atoms with Gasteiger partial charge in [0, 0.05) is 5.56 Å². The van der Waals surface area contributed by atoms with Gasteiger partial charge in [0.2, 0.25) is 0 Å². The van der Waals surface area contributed by atoms with E-state index in [1.165, 1.54) is 50.5 Å². The van der Waals surface area contributed by atoms with Gasteiger partial charge in [-0.05, 0) is 50.5 Å². The first-order valence-corrected chi connectivity index (χ1v) is 8.35. The predicted octanol–water partition coefficient (Wildman–Crippen LogP) is 6.29. The van der Waals surface area contributed by atoms with Crippen molar-refractivity contribution in [3.63, 3.8) is 0 Å². The average molecular weight is 302 g/mol. The van der Waals surface area contributed by atoms with Crippen LogP contribution >= 0.6 is 0 Å². The van der Waals surface area contributed by atoms with Crippen molar-refractivity contribution < 1.29 is 9.84 Å². The van der Waals surface area contributed by atoms with Crippen LogP contribution in [0.3, 0.4) is 0 Å². The van der Waals surface area contributed by atoms with Crippen molar-refractivity contribution in [1.82, 2.24) is 0 Å². The zero-order valence-corrected chi connectivity index (χ0v) is 13.9. The number of benzene rings is 1. The Morgan fingerprint density at radius 3 is 2.00 bits per heavy atom. The van der Waals surface area contributed by atoms with Gasteiger partial charge in [0.1, 0.15) is 11.5 Å². The second kappa shape index (κ2) is 10.9. The Hall–Kier alpha value is -1.70. The Morgan fingerprint density at radius 1 is 0.909 bits per heavy atom. The van der Waals surface area contributed by atoms with Crippen LogP contribution in [-0.2, 0) is 0 Å². The van der Waals surface area contributed by atoms with Gasteiger partial charge in [0.25, 0.3) is 0 Å². The normalized spacial score (nSPS) is 10.4. The molecule has 122 valence electrons. The van der Waals surface area contributed by atoms with E-state index in [1.807, 2.05) is 24.3 Å². The predicted molar refractivity (Wildman–Crippen MR) is 95.3 cm³/mol. The van der Waals surface area contributed by atoms with Gasteiger partial charge in [-0.25, -0.2) is 0 Å². The summed E-state index contributed by atoms with van der Waals surface area (Å²) in [4.78, 5) is 0. The highest BCUT2D eigenvalue weighted by atomic mass is 16.5. The molecule has 0 heterocycles. The maximum absolute atomic E-state index is 9.25. The van der Waals surface area contributed by atoms with Gasteiger partial charge in [-0.2, -0.15) is 0 Å². The van der Waals surface area contributed by atoms with E-state index < -0.39 is 0 Å². The van der Waals surface area contributed by atoms with Crippen molar-refractivity contribution in [2.75, 3.05) is 6.61 Å². The Balaban J connectivity index is 1.97. The number of ether oxygens (including phenoxy) is 1. The van der Waals surface area contributed by atoms with E-state index >= 15 is 0 Å². The van der Waals surface area contributed by atoms with Crippen molar-refractivity contribution >= 4 is 5.76 Å². The van der Waals surface area contributed by atoms with Gasteiger partial charge >= 0.3 is 0 Å². The van der Waals surface area contributed by atoms with Gasteiger partial charge in [-0.1, -0.05) is 44.3 Å². The molecule has 0 aliphatic carbocycles. The second-order valence-electron chi connectivity index (χ2n) is 6.00. The summed E-state index contributed by atoms with van der Waals surface area (Å²) in [7, 11) is 0. The van der Waals surface area contributed by atoms with Crippen LogP contribution in [-0.4, -0.2) is 11.7 Å². The van der Waals surface area contributed by atoms with E-state index in [-0.39, 0.29) is 5.76 Å². The number of rotatable bonds is 12. The molecule has 0 saturated carbocycles. The van der Waals surface area contributed by atoms with Gasteiger partial charge in [0.05, 0.1) is 6.61 Å². The standard InChI is InChI=1S/C20H30O2/c1-17(2)11-9-7-5-4-6-8-10-16-22-20-14-12-19(13-15-20)18(3)21/h12-15,21H,1,3-11,16H2,2H3. The van der Waals surface area contributed by atoms with Crippen molar-refractivity contribution in [2.45, 2.75) is 58.3 Å². The molecule has 0 atom stereocenters. The maximum Gasteiger partial charge on any atom is 0.119 e. The Labute approximate surface area is 135 Å². The van der Waals surface area contributed by atoms with Crippen LogP contribution in [0.5, 0.6) is 5.75 Å². The molecule has 0 aliphatic rings. The molecule has 2 nitrogen and oxygen atoms in total. The maximum atomic E-state index is 9.25. The average Bonchev–Trinajstić information content (AvgIpc) is 2.49. The lowest BCUT2D eigenvalue weighted by molar-refractivity contribution is 0.304. The summed E-state index contributed by atoms with van der Waals surface area (Å²) in [6, 6.07) is 7.39. The first-order valence-electron chi connectivity index (χ1n) is 8.35. The van der Waals surface area contributed by atoms with E-state index in [9.17, 15) is 5.11 Å². The molecule has 0 aliphatic heterocycles. The number of hydrogen-bond acceptors (Lipinski definition) is 2. The molecule has 1 N–H and O–H groups in total. The molecule has 0 radical (unpaired) electrons. The number of aliphatic hydroxyl groups is 1. The van der Waals surface area contributed by atoms with Crippen LogP contribution in [0.15, 0.2) is 43.0 Å². The summed E-state index contributed by atoms with van der Waals surface area (Å²) >= 11 is 0. The van der Waals surface area contributed by atoms with Crippen molar-refractivity contribution in [2.24, 2.45) is 0 Å². The first kappa shape index (κ1) is 18.3. The SMILES string of the molecule is C=C(C)CCCCCCCCCOc1ccc(C(=C)O)cc1. The summed E-state index contributed by atoms with van der Waals surface area (Å²) < 4.78 is 5.69. The van der Waals surface area contributed by atoms with Gasteiger partial charge in [-0.3, -0.25) is 0 Å². The van der Waals surface area contributed by atoms with E-state index in [1.54, 1.807) is 0 Å². The van der Waals surface area contributed by atoms with Crippen LogP contribution in [0, 0.1) is 0 Å². The third-order valence-electron chi connectivity index (χ3n) is 3.70. The number of unbranched alkanes of at least 4 members (excludes halogenated alkanes) is 6. The molecule has 0 amide bonds. The zero-order valence-electron chi connectivity index (χ0n) is 13.9. The minimum absolute atomic E-state index is 0.0924. The van der Waals surface area contributed by atoms with Gasteiger partial charge in [0.15, 0.2) is 0 Å². The molecule has 0 aromatic heterocycles. The third kappa shape index (κ3) is 8.56. The molecule has 22 heavy (non-hydrogen) atoms. The highest BCUT2D eigenvalue weighted by molar-refractivity contribution is 5.56. The fourth-order valence-electron chi connectivity index (χ4n) is 2.35. The van der Waals surface area contributed by atoms with E-state index in [0.29, 0.717) is 0 Å². The number of hydrogen-bond donors (Lipinski definition) is 1. The smallest absolute Gasteiger partial charge is 0.119 e. The van der Waals surface area contributed by atoms with E-state index in [2.05, 4.69) is 20.1 Å². The molecular formula is C20H30O2. The molecule has 0 bridgehead atoms. The Bertz CT molecular complexity index is 445. The van der Waals surface area contributed by atoms with Gasteiger partial charge in [-0.15, -0.1) is 6.58 Å². The Morgan fingerprint density at radius 2 is 1.45 bits per heavy atom. The molecule has 0 spiro atoms. The fraction of sp³-hybridized carbons (Fsp3) is 0.500. The second-order valence-corrected chi connectivity index (χ2v) is 6.00. The Kier molecular flexibility index (Phi) is 9.13. The minimum atomic E-state index is 0.0924. The summed E-state index contributed by atoms with van der Waals surface area (Å²) in [5.74, 6) is 0.944. The van der Waals surface area contributed by atoms with Crippen LogP contribution in [0.1, 0.15) is 63.9 Å². The van der Waals surface area contributed by atoms with Crippen LogP contribution in [0.25, 0.3) is 5.76 Å². The zero-order chi connectivity index (χ0) is 16.2. The fourth-order valence-corrected chi connectivity index (χ4v) is 2.35. The summed E-state index contributed by atoms with van der Waals surface area (Å²) in [6.07, 6.45) is 10.1. The molecule has 1 rings (SSSR count). The van der Waals surface area contributed by atoms with Crippen molar-refractivity contribution in [3.05, 3.63) is 48.6 Å². The molecular weight excluding hydrogens is 272 g/mol. The lowest BCUT2D eigenvalue weighted by Crippen LogP contribution is -1.97.